The van der Waals surface area contributed by atoms with Crippen molar-refractivity contribution in [2.24, 2.45) is 4.99 Å². The Morgan fingerprint density at radius 1 is 1.38 bits per heavy atom. The van der Waals surface area contributed by atoms with Crippen molar-refractivity contribution >= 4 is 39.8 Å². The van der Waals surface area contributed by atoms with Crippen molar-refractivity contribution in [3.05, 3.63) is 35.6 Å². The van der Waals surface area contributed by atoms with Crippen molar-refractivity contribution in [1.29, 1.82) is 0 Å². The van der Waals surface area contributed by atoms with Crippen molar-refractivity contribution in [3.63, 3.8) is 0 Å². The van der Waals surface area contributed by atoms with Crippen LogP contribution in [-0.2, 0) is 14.6 Å². The minimum absolute atomic E-state index is 0. The summed E-state index contributed by atoms with van der Waals surface area (Å²) in [7, 11) is -2.96. The third-order valence-electron chi connectivity index (χ3n) is 5.06. The second-order valence-corrected chi connectivity index (χ2v) is 9.41. The minimum atomic E-state index is -2.96. The van der Waals surface area contributed by atoms with Gasteiger partial charge in [-0.3, -0.25) is 9.89 Å². The second-order valence-electron chi connectivity index (χ2n) is 7.18. The highest BCUT2D eigenvalue weighted by Crippen LogP contribution is 2.23. The van der Waals surface area contributed by atoms with E-state index in [9.17, 15) is 12.8 Å². The molecule has 0 amide bonds. The first-order valence-corrected chi connectivity index (χ1v) is 11.6. The maximum Gasteiger partial charge on any atom is 0.191 e. The summed E-state index contributed by atoms with van der Waals surface area (Å²) in [5, 5.41) is 6.42. The molecule has 0 bridgehead atoms. The normalized spacial score (nSPS) is 23.2. The van der Waals surface area contributed by atoms with Crippen LogP contribution in [0, 0.1) is 5.82 Å². The van der Waals surface area contributed by atoms with Crippen LogP contribution in [0.3, 0.4) is 0 Å². The molecule has 0 aliphatic carbocycles. The highest BCUT2D eigenvalue weighted by molar-refractivity contribution is 14.0. The van der Waals surface area contributed by atoms with Gasteiger partial charge in [0.15, 0.2) is 15.8 Å². The number of hydrogen-bond donors (Lipinski definition) is 2. The summed E-state index contributed by atoms with van der Waals surface area (Å²) in [6.45, 7) is 5.91. The smallest absolute Gasteiger partial charge is 0.191 e. The van der Waals surface area contributed by atoms with Crippen molar-refractivity contribution in [2.75, 3.05) is 50.9 Å². The Labute approximate surface area is 189 Å². The lowest BCUT2D eigenvalue weighted by Crippen LogP contribution is -2.45. The number of halogens is 2. The molecule has 29 heavy (non-hydrogen) atoms. The first-order valence-electron chi connectivity index (χ1n) is 9.79. The number of aliphatic imine (C=N–C) groups is 1. The largest absolute Gasteiger partial charge is 0.379 e. The monoisotopic (exact) mass is 540 g/mol. The molecule has 2 unspecified atom stereocenters. The van der Waals surface area contributed by atoms with Crippen LogP contribution in [0.15, 0.2) is 29.3 Å². The van der Waals surface area contributed by atoms with E-state index in [1.54, 1.807) is 12.1 Å². The molecule has 2 saturated heterocycles. The number of ether oxygens (including phenoxy) is 1. The lowest BCUT2D eigenvalue weighted by molar-refractivity contribution is 0.0179. The van der Waals surface area contributed by atoms with Gasteiger partial charge in [0.1, 0.15) is 5.82 Å². The number of hydrogen-bond acceptors (Lipinski definition) is 5. The molecule has 2 aliphatic rings. The molecule has 0 radical (unpaired) electrons. The van der Waals surface area contributed by atoms with Crippen molar-refractivity contribution < 1.29 is 17.5 Å². The summed E-state index contributed by atoms with van der Waals surface area (Å²) in [6.07, 6.45) is 0.587. The van der Waals surface area contributed by atoms with E-state index in [4.69, 9.17) is 9.73 Å². The SMILES string of the molecule is CCNC(=NCC(c1cccc(F)c1)N1CCOCC1)NC1CCS(=O)(=O)C1.I. The van der Waals surface area contributed by atoms with Gasteiger partial charge in [-0.1, -0.05) is 12.1 Å². The Bertz CT molecular complexity index is 787. The fourth-order valence-electron chi connectivity index (χ4n) is 3.63. The average Bonchev–Trinajstić information content (AvgIpc) is 3.01. The molecular formula is C19H30FIN4O3S. The molecule has 7 nitrogen and oxygen atoms in total. The van der Waals surface area contributed by atoms with Gasteiger partial charge in [0, 0.05) is 25.7 Å². The maximum absolute atomic E-state index is 13.8. The third-order valence-corrected chi connectivity index (χ3v) is 6.83. The molecule has 2 N–H and O–H groups in total. The van der Waals surface area contributed by atoms with Gasteiger partial charge >= 0.3 is 0 Å². The van der Waals surface area contributed by atoms with Crippen LogP contribution < -0.4 is 10.6 Å². The number of guanidine groups is 1. The van der Waals surface area contributed by atoms with E-state index in [1.807, 2.05) is 13.0 Å². The quantitative estimate of drug-likeness (QED) is 0.324. The molecule has 2 fully saturated rings. The van der Waals surface area contributed by atoms with E-state index in [1.165, 1.54) is 6.07 Å². The third kappa shape index (κ3) is 7.34. The predicted octanol–water partition coefficient (Wildman–Crippen LogP) is 1.56. The molecule has 3 rings (SSSR count). The number of sulfone groups is 1. The Kier molecular flexibility index (Phi) is 9.57. The van der Waals surface area contributed by atoms with Gasteiger partial charge in [-0.25, -0.2) is 12.8 Å². The number of benzene rings is 1. The lowest BCUT2D eigenvalue weighted by Gasteiger charge is -2.34. The zero-order valence-electron chi connectivity index (χ0n) is 16.6. The number of nitrogens with one attached hydrogen (secondary N) is 2. The van der Waals surface area contributed by atoms with E-state index in [2.05, 4.69) is 15.5 Å². The molecular weight excluding hydrogens is 510 g/mol. The highest BCUT2D eigenvalue weighted by Gasteiger charge is 2.29. The van der Waals surface area contributed by atoms with Crippen LogP contribution in [0.4, 0.5) is 4.39 Å². The zero-order chi connectivity index (χ0) is 20.0. The second kappa shape index (κ2) is 11.4. The Morgan fingerprint density at radius 2 is 2.14 bits per heavy atom. The van der Waals surface area contributed by atoms with Crippen molar-refractivity contribution in [3.8, 4) is 0 Å². The van der Waals surface area contributed by atoms with Crippen LogP contribution in [0.5, 0.6) is 0 Å². The van der Waals surface area contributed by atoms with Crippen molar-refractivity contribution in [2.45, 2.75) is 25.4 Å². The minimum Gasteiger partial charge on any atom is -0.379 e. The van der Waals surface area contributed by atoms with Gasteiger partial charge < -0.3 is 15.4 Å². The first kappa shape index (κ1) is 24.3. The molecule has 0 aromatic heterocycles. The molecule has 164 valence electrons. The maximum atomic E-state index is 13.8. The van der Waals surface area contributed by atoms with E-state index < -0.39 is 9.84 Å². The molecule has 1 aromatic rings. The van der Waals surface area contributed by atoms with Gasteiger partial charge in [0.05, 0.1) is 37.3 Å². The summed E-state index contributed by atoms with van der Waals surface area (Å²) in [5.74, 6) is 0.679. The number of morpholine rings is 1. The van der Waals surface area contributed by atoms with Crippen LogP contribution in [-0.4, -0.2) is 76.2 Å². The van der Waals surface area contributed by atoms with Gasteiger partial charge in [0.2, 0.25) is 0 Å². The van der Waals surface area contributed by atoms with Gasteiger partial charge in [0.25, 0.3) is 0 Å². The molecule has 2 atom stereocenters. The molecule has 2 heterocycles. The van der Waals surface area contributed by atoms with E-state index in [0.717, 1.165) is 18.7 Å². The topological polar surface area (TPSA) is 83.0 Å². The van der Waals surface area contributed by atoms with Gasteiger partial charge in [-0.15, -0.1) is 24.0 Å². The van der Waals surface area contributed by atoms with E-state index in [-0.39, 0.29) is 53.4 Å². The molecule has 1 aromatic carbocycles. The summed E-state index contributed by atoms with van der Waals surface area (Å²) in [6, 6.07) is 6.44. The first-order chi connectivity index (χ1) is 13.5. The van der Waals surface area contributed by atoms with Crippen LogP contribution in [0.2, 0.25) is 0 Å². The highest BCUT2D eigenvalue weighted by atomic mass is 127. The number of rotatable bonds is 6. The van der Waals surface area contributed by atoms with Crippen LogP contribution in [0.1, 0.15) is 24.9 Å². The van der Waals surface area contributed by atoms with Crippen LogP contribution >= 0.6 is 24.0 Å². The predicted molar refractivity (Wildman–Crippen MR) is 123 cm³/mol. The Balaban J connectivity index is 0.00000300. The van der Waals surface area contributed by atoms with E-state index in [0.29, 0.717) is 38.7 Å². The molecule has 0 spiro atoms. The number of nitrogens with zero attached hydrogens (tertiary/aromatic N) is 2. The fourth-order valence-corrected chi connectivity index (χ4v) is 5.31. The fraction of sp³-hybridized carbons (Fsp3) is 0.632. The van der Waals surface area contributed by atoms with Crippen LogP contribution in [0.25, 0.3) is 0 Å². The standard InChI is InChI=1S/C19H29FN4O3S.HI/c1-2-21-19(23-17-6-11-28(25,26)14-17)22-13-18(24-7-9-27-10-8-24)15-4-3-5-16(20)12-15;/h3-5,12,17-18H,2,6-11,13-14H2,1H3,(H2,21,22,23);1H. The van der Waals surface area contributed by atoms with Gasteiger partial charge in [-0.2, -0.15) is 0 Å². The summed E-state index contributed by atoms with van der Waals surface area (Å²) < 4.78 is 42.7. The lowest BCUT2D eigenvalue weighted by atomic mass is 10.0. The summed E-state index contributed by atoms with van der Waals surface area (Å²) in [4.78, 5) is 6.96. The molecule has 0 saturated carbocycles. The Morgan fingerprint density at radius 3 is 2.76 bits per heavy atom. The van der Waals surface area contributed by atoms with E-state index >= 15 is 0 Å². The van der Waals surface area contributed by atoms with Gasteiger partial charge in [-0.05, 0) is 31.0 Å². The zero-order valence-corrected chi connectivity index (χ0v) is 19.8. The summed E-state index contributed by atoms with van der Waals surface area (Å²) in [5.41, 5.74) is 0.880. The Hall–Kier alpha value is -0.980. The van der Waals surface area contributed by atoms with Crippen molar-refractivity contribution in [1.82, 2.24) is 15.5 Å². The summed E-state index contributed by atoms with van der Waals surface area (Å²) >= 11 is 0. The molecule has 10 heteroatoms. The average molecular weight is 540 g/mol. The molecule has 2 aliphatic heterocycles.